The second-order valence-electron chi connectivity index (χ2n) is 3.27. The normalized spacial score (nSPS) is 12.8. The Bertz CT molecular complexity index is 377. The van der Waals surface area contributed by atoms with Crippen LogP contribution in [0.4, 0.5) is 5.69 Å². The van der Waals surface area contributed by atoms with Gasteiger partial charge in [-0.3, -0.25) is 14.8 Å². The molecule has 84 valence electrons. The second kappa shape index (κ2) is 4.71. The number of hydrogen-bond acceptors (Lipinski definition) is 4. The van der Waals surface area contributed by atoms with Gasteiger partial charge in [-0.05, 0) is 13.8 Å². The average Bonchev–Trinajstić information content (AvgIpc) is 2.41. The number of nitro groups is 1. The van der Waals surface area contributed by atoms with Gasteiger partial charge in [-0.15, -0.1) is 0 Å². The first-order valence-electron chi connectivity index (χ1n) is 4.39. The van der Waals surface area contributed by atoms with Crippen molar-refractivity contribution < 1.29 is 10.0 Å². The summed E-state index contributed by atoms with van der Waals surface area (Å²) < 4.78 is 1.46. The summed E-state index contributed by atoms with van der Waals surface area (Å²) in [6.07, 6.45) is -0.595. The van der Waals surface area contributed by atoms with Crippen molar-refractivity contribution in [1.82, 2.24) is 9.78 Å². The van der Waals surface area contributed by atoms with Crippen molar-refractivity contribution >= 4 is 21.6 Å². The average molecular weight is 278 g/mol. The first-order valence-corrected chi connectivity index (χ1v) is 5.52. The van der Waals surface area contributed by atoms with Gasteiger partial charge in [0.25, 0.3) is 0 Å². The smallest absolute Gasteiger partial charge is 0.312 e. The summed E-state index contributed by atoms with van der Waals surface area (Å²) in [6, 6.07) is 0. The highest BCUT2D eigenvalue weighted by Crippen LogP contribution is 2.21. The SMILES string of the molecule is Cc1nn(CC(O)CBr)c(C)c1[N+](=O)[O-]. The number of rotatable bonds is 4. The van der Waals surface area contributed by atoms with E-state index < -0.39 is 11.0 Å². The largest absolute Gasteiger partial charge is 0.390 e. The minimum Gasteiger partial charge on any atom is -0.390 e. The van der Waals surface area contributed by atoms with Gasteiger partial charge >= 0.3 is 5.69 Å². The molecule has 15 heavy (non-hydrogen) atoms. The second-order valence-corrected chi connectivity index (χ2v) is 3.91. The number of alkyl halides is 1. The lowest BCUT2D eigenvalue weighted by Crippen LogP contribution is -2.19. The Morgan fingerprint density at radius 1 is 1.67 bits per heavy atom. The number of aromatic nitrogens is 2. The molecule has 0 saturated carbocycles. The number of aryl methyl sites for hydroxylation is 1. The zero-order valence-electron chi connectivity index (χ0n) is 8.47. The number of nitrogens with zero attached hydrogens (tertiary/aromatic N) is 3. The van der Waals surface area contributed by atoms with Gasteiger partial charge < -0.3 is 5.11 Å². The molecule has 0 amide bonds. The molecule has 1 unspecified atom stereocenters. The van der Waals surface area contributed by atoms with Crippen LogP contribution in [0.5, 0.6) is 0 Å². The highest BCUT2D eigenvalue weighted by atomic mass is 79.9. The predicted molar refractivity (Wildman–Crippen MR) is 58.2 cm³/mol. The van der Waals surface area contributed by atoms with Crippen molar-refractivity contribution in [1.29, 1.82) is 0 Å². The molecule has 0 saturated heterocycles. The molecule has 1 heterocycles. The molecule has 0 aliphatic heterocycles. The van der Waals surface area contributed by atoms with Crippen LogP contribution in [0.1, 0.15) is 11.4 Å². The Labute approximate surface area is 95.2 Å². The van der Waals surface area contributed by atoms with Gasteiger partial charge in [0.1, 0.15) is 11.4 Å². The fourth-order valence-electron chi connectivity index (χ4n) is 1.38. The third kappa shape index (κ3) is 2.54. The molecular formula is C8H12BrN3O3. The van der Waals surface area contributed by atoms with Crippen LogP contribution in [0, 0.1) is 24.0 Å². The minimum atomic E-state index is -0.595. The van der Waals surface area contributed by atoms with E-state index in [-0.39, 0.29) is 12.2 Å². The zero-order valence-corrected chi connectivity index (χ0v) is 10.1. The lowest BCUT2D eigenvalue weighted by atomic mass is 10.3. The summed E-state index contributed by atoms with van der Waals surface area (Å²) in [5, 5.41) is 24.5. The van der Waals surface area contributed by atoms with Gasteiger partial charge in [0.2, 0.25) is 0 Å². The molecule has 0 aliphatic rings. The van der Waals surface area contributed by atoms with Crippen LogP contribution in [0.3, 0.4) is 0 Å². The molecule has 0 radical (unpaired) electrons. The molecule has 1 aromatic heterocycles. The maximum Gasteiger partial charge on any atom is 0.312 e. The van der Waals surface area contributed by atoms with E-state index in [1.165, 1.54) is 4.68 Å². The van der Waals surface area contributed by atoms with Crippen LogP contribution >= 0.6 is 15.9 Å². The van der Waals surface area contributed by atoms with E-state index in [1.807, 2.05) is 0 Å². The molecule has 1 rings (SSSR count). The summed E-state index contributed by atoms with van der Waals surface area (Å²) in [5.41, 5.74) is 0.869. The van der Waals surface area contributed by atoms with Crippen molar-refractivity contribution in [3.63, 3.8) is 0 Å². The summed E-state index contributed by atoms with van der Waals surface area (Å²) in [7, 11) is 0. The molecule has 0 aromatic carbocycles. The maximum atomic E-state index is 10.7. The molecule has 1 atom stereocenters. The summed E-state index contributed by atoms with van der Waals surface area (Å²) in [5.74, 6) is 0. The predicted octanol–water partition coefficient (Wildman–Crippen LogP) is 1.16. The zero-order chi connectivity index (χ0) is 11.6. The fraction of sp³-hybridized carbons (Fsp3) is 0.625. The summed E-state index contributed by atoms with van der Waals surface area (Å²) in [4.78, 5) is 10.2. The highest BCUT2D eigenvalue weighted by Gasteiger charge is 2.22. The Kier molecular flexibility index (Phi) is 3.81. The van der Waals surface area contributed by atoms with Gasteiger partial charge in [0.15, 0.2) is 0 Å². The molecule has 1 N–H and O–H groups in total. The topological polar surface area (TPSA) is 81.2 Å². The summed E-state index contributed by atoms with van der Waals surface area (Å²) in [6.45, 7) is 3.47. The van der Waals surface area contributed by atoms with E-state index in [1.54, 1.807) is 13.8 Å². The molecule has 7 heteroatoms. The van der Waals surface area contributed by atoms with Crippen LogP contribution in [0.2, 0.25) is 0 Å². The highest BCUT2D eigenvalue weighted by molar-refractivity contribution is 9.09. The Morgan fingerprint density at radius 3 is 2.67 bits per heavy atom. The van der Waals surface area contributed by atoms with Gasteiger partial charge in [-0.2, -0.15) is 5.10 Å². The van der Waals surface area contributed by atoms with Crippen LogP contribution in [-0.2, 0) is 6.54 Å². The molecule has 0 fully saturated rings. The van der Waals surface area contributed by atoms with Crippen molar-refractivity contribution in [2.24, 2.45) is 0 Å². The van der Waals surface area contributed by atoms with E-state index in [0.29, 0.717) is 16.7 Å². The van der Waals surface area contributed by atoms with Gasteiger partial charge in [-0.25, -0.2) is 0 Å². The quantitative estimate of drug-likeness (QED) is 0.509. The molecule has 1 aromatic rings. The van der Waals surface area contributed by atoms with Crippen LogP contribution in [-0.4, -0.2) is 31.2 Å². The first kappa shape index (κ1) is 12.1. The van der Waals surface area contributed by atoms with Crippen molar-refractivity contribution in [3.05, 3.63) is 21.5 Å². The van der Waals surface area contributed by atoms with Crippen LogP contribution in [0.25, 0.3) is 0 Å². The molecule has 0 bridgehead atoms. The third-order valence-corrected chi connectivity index (χ3v) is 2.84. The van der Waals surface area contributed by atoms with Crippen LogP contribution in [0.15, 0.2) is 0 Å². The maximum absolute atomic E-state index is 10.7. The van der Waals surface area contributed by atoms with Gasteiger partial charge in [-0.1, -0.05) is 15.9 Å². The Hall–Kier alpha value is -0.950. The van der Waals surface area contributed by atoms with Gasteiger partial charge in [0, 0.05) is 5.33 Å². The lowest BCUT2D eigenvalue weighted by Gasteiger charge is -2.07. The first-order chi connectivity index (χ1) is 6.97. The van der Waals surface area contributed by atoms with E-state index in [0.717, 1.165) is 0 Å². The van der Waals surface area contributed by atoms with E-state index in [2.05, 4.69) is 21.0 Å². The number of aliphatic hydroxyl groups excluding tert-OH is 1. The van der Waals surface area contributed by atoms with Crippen molar-refractivity contribution in [2.45, 2.75) is 26.5 Å². The standard InChI is InChI=1S/C8H12BrN3O3/c1-5-8(12(14)15)6(2)11(10-5)4-7(13)3-9/h7,13H,3-4H2,1-2H3. The lowest BCUT2D eigenvalue weighted by molar-refractivity contribution is -0.386. The third-order valence-electron chi connectivity index (χ3n) is 2.09. The fourth-order valence-corrected chi connectivity index (χ4v) is 1.58. The Morgan fingerprint density at radius 2 is 2.27 bits per heavy atom. The van der Waals surface area contributed by atoms with Crippen molar-refractivity contribution in [2.75, 3.05) is 5.33 Å². The molecule has 6 nitrogen and oxygen atoms in total. The monoisotopic (exact) mass is 277 g/mol. The van der Waals surface area contributed by atoms with Crippen molar-refractivity contribution in [3.8, 4) is 0 Å². The molecule has 0 aliphatic carbocycles. The summed E-state index contributed by atoms with van der Waals surface area (Å²) >= 11 is 3.13. The van der Waals surface area contributed by atoms with Gasteiger partial charge in [0.05, 0.1) is 17.6 Å². The minimum absolute atomic E-state index is 0.0248. The Balaban J connectivity index is 3.01. The van der Waals surface area contributed by atoms with E-state index in [4.69, 9.17) is 0 Å². The van der Waals surface area contributed by atoms with Crippen LogP contribution < -0.4 is 0 Å². The number of hydrogen-bond donors (Lipinski definition) is 1. The number of aliphatic hydroxyl groups is 1. The van der Waals surface area contributed by atoms with E-state index in [9.17, 15) is 15.2 Å². The van der Waals surface area contributed by atoms with E-state index >= 15 is 0 Å². The molecular weight excluding hydrogens is 266 g/mol. The number of halogens is 1. The molecule has 0 spiro atoms.